The summed E-state index contributed by atoms with van der Waals surface area (Å²) >= 11 is 11.8. The van der Waals surface area contributed by atoms with E-state index in [0.717, 1.165) is 19.4 Å². The molecule has 0 aliphatic carbocycles. The Labute approximate surface area is 121 Å². The molecule has 0 saturated heterocycles. The van der Waals surface area contributed by atoms with Gasteiger partial charge in [-0.25, -0.2) is 4.68 Å². The Kier molecular flexibility index (Phi) is 4.99. The molecule has 0 radical (unpaired) electrons. The van der Waals surface area contributed by atoms with Crippen molar-refractivity contribution in [3.8, 4) is 5.75 Å². The summed E-state index contributed by atoms with van der Waals surface area (Å²) in [6.07, 6.45) is 2.11. The molecule has 0 atom stereocenters. The first-order valence-electron chi connectivity index (χ1n) is 6.03. The third kappa shape index (κ3) is 3.81. The fourth-order valence-corrected chi connectivity index (χ4v) is 2.01. The molecule has 0 unspecified atom stereocenters. The molecule has 1 heterocycles. The minimum absolute atomic E-state index is 0.276. The van der Waals surface area contributed by atoms with Crippen LogP contribution in [0.1, 0.15) is 25.6 Å². The second-order valence-electron chi connectivity index (χ2n) is 4.04. The van der Waals surface area contributed by atoms with Crippen molar-refractivity contribution < 1.29 is 4.74 Å². The predicted octanol–water partition coefficient (Wildman–Crippen LogP) is 3.36. The number of hydrogen-bond donors (Lipinski definition) is 0. The van der Waals surface area contributed by atoms with Crippen molar-refractivity contribution in [2.45, 2.75) is 32.9 Å². The van der Waals surface area contributed by atoms with Crippen LogP contribution in [0.5, 0.6) is 5.75 Å². The number of aryl methyl sites for hydroxylation is 1. The third-order valence-electron chi connectivity index (χ3n) is 2.58. The van der Waals surface area contributed by atoms with Gasteiger partial charge in [-0.2, -0.15) is 0 Å². The summed E-state index contributed by atoms with van der Waals surface area (Å²) in [5, 5.41) is 12.6. The lowest BCUT2D eigenvalue weighted by molar-refractivity contribution is 0.286. The summed E-state index contributed by atoms with van der Waals surface area (Å²) < 4.78 is 7.35. The second-order valence-corrected chi connectivity index (χ2v) is 4.88. The Hall–Kier alpha value is -1.33. The standard InChI is InChI=1S/C12H14Cl2N4O/c1-2-3-6-18-12(15-16-17-18)8-19-11-5-4-9(13)7-10(11)14/h4-5,7H,2-3,6,8H2,1H3. The van der Waals surface area contributed by atoms with E-state index in [-0.39, 0.29) is 6.61 Å². The number of tetrazole rings is 1. The van der Waals surface area contributed by atoms with Crippen LogP contribution in [-0.2, 0) is 13.2 Å². The van der Waals surface area contributed by atoms with Crippen molar-refractivity contribution in [2.24, 2.45) is 0 Å². The average molecular weight is 301 g/mol. The van der Waals surface area contributed by atoms with E-state index in [1.165, 1.54) is 0 Å². The number of aromatic nitrogens is 4. The van der Waals surface area contributed by atoms with Crippen LogP contribution in [0.25, 0.3) is 0 Å². The number of halogens is 2. The van der Waals surface area contributed by atoms with E-state index in [0.29, 0.717) is 21.6 Å². The number of ether oxygens (including phenoxy) is 1. The van der Waals surface area contributed by atoms with Gasteiger partial charge in [0.05, 0.1) is 5.02 Å². The molecule has 0 aliphatic heterocycles. The van der Waals surface area contributed by atoms with Gasteiger partial charge in [-0.3, -0.25) is 0 Å². The number of nitrogens with zero attached hydrogens (tertiary/aromatic N) is 4. The maximum absolute atomic E-state index is 6.03. The van der Waals surface area contributed by atoms with E-state index >= 15 is 0 Å². The van der Waals surface area contributed by atoms with Crippen molar-refractivity contribution in [1.29, 1.82) is 0 Å². The Morgan fingerprint density at radius 2 is 2.16 bits per heavy atom. The minimum atomic E-state index is 0.276. The average Bonchev–Trinajstić information content (AvgIpc) is 2.83. The SMILES string of the molecule is CCCCn1nnnc1COc1ccc(Cl)cc1Cl. The molecule has 1 aromatic heterocycles. The topological polar surface area (TPSA) is 52.8 Å². The molecule has 0 aliphatic rings. The lowest BCUT2D eigenvalue weighted by Gasteiger charge is -2.08. The first-order chi connectivity index (χ1) is 9.20. The lowest BCUT2D eigenvalue weighted by Crippen LogP contribution is -2.09. The van der Waals surface area contributed by atoms with Crippen LogP contribution in [0.3, 0.4) is 0 Å². The molecule has 0 spiro atoms. The first-order valence-corrected chi connectivity index (χ1v) is 6.79. The molecule has 0 fully saturated rings. The Morgan fingerprint density at radius 3 is 2.89 bits per heavy atom. The number of unbranched alkanes of at least 4 members (excludes halogenated alkanes) is 1. The van der Waals surface area contributed by atoms with E-state index in [4.69, 9.17) is 27.9 Å². The van der Waals surface area contributed by atoms with Crippen LogP contribution in [0.15, 0.2) is 18.2 Å². The van der Waals surface area contributed by atoms with Crippen LogP contribution in [0, 0.1) is 0 Å². The molecule has 0 bridgehead atoms. The highest BCUT2D eigenvalue weighted by molar-refractivity contribution is 6.35. The van der Waals surface area contributed by atoms with E-state index in [9.17, 15) is 0 Å². The number of hydrogen-bond acceptors (Lipinski definition) is 4. The summed E-state index contributed by atoms with van der Waals surface area (Å²) in [4.78, 5) is 0. The molecular weight excluding hydrogens is 287 g/mol. The zero-order chi connectivity index (χ0) is 13.7. The molecule has 2 aromatic rings. The monoisotopic (exact) mass is 300 g/mol. The van der Waals surface area contributed by atoms with Gasteiger partial charge >= 0.3 is 0 Å². The summed E-state index contributed by atoms with van der Waals surface area (Å²) in [6.45, 7) is 3.18. The van der Waals surface area contributed by atoms with Crippen LogP contribution < -0.4 is 4.74 Å². The van der Waals surface area contributed by atoms with E-state index < -0.39 is 0 Å². The summed E-state index contributed by atoms with van der Waals surface area (Å²) in [6, 6.07) is 5.09. The maximum atomic E-state index is 6.03. The smallest absolute Gasteiger partial charge is 0.189 e. The Bertz CT molecular complexity index is 544. The van der Waals surface area contributed by atoms with Gasteiger partial charge in [0.2, 0.25) is 0 Å². The zero-order valence-electron chi connectivity index (χ0n) is 10.5. The molecule has 0 amide bonds. The van der Waals surface area contributed by atoms with Crippen molar-refractivity contribution in [3.63, 3.8) is 0 Å². The normalized spacial score (nSPS) is 10.7. The molecular formula is C12H14Cl2N4O. The van der Waals surface area contributed by atoms with Gasteiger partial charge in [0, 0.05) is 11.6 Å². The third-order valence-corrected chi connectivity index (χ3v) is 3.11. The summed E-state index contributed by atoms with van der Waals surface area (Å²) in [5.74, 6) is 1.25. The highest BCUT2D eigenvalue weighted by Crippen LogP contribution is 2.27. The number of benzene rings is 1. The highest BCUT2D eigenvalue weighted by Gasteiger charge is 2.08. The molecule has 19 heavy (non-hydrogen) atoms. The van der Waals surface area contributed by atoms with Crippen LogP contribution in [0.4, 0.5) is 0 Å². The second kappa shape index (κ2) is 6.73. The van der Waals surface area contributed by atoms with E-state index in [1.807, 2.05) is 0 Å². The Balaban J connectivity index is 2.00. The molecule has 7 heteroatoms. The van der Waals surface area contributed by atoms with Gasteiger partial charge in [0.25, 0.3) is 0 Å². The largest absolute Gasteiger partial charge is 0.484 e. The van der Waals surface area contributed by atoms with Gasteiger partial charge in [0.1, 0.15) is 12.4 Å². The minimum Gasteiger partial charge on any atom is -0.484 e. The summed E-state index contributed by atoms with van der Waals surface area (Å²) in [7, 11) is 0. The Morgan fingerprint density at radius 1 is 1.32 bits per heavy atom. The van der Waals surface area contributed by atoms with Gasteiger partial charge in [-0.1, -0.05) is 36.5 Å². The van der Waals surface area contributed by atoms with Gasteiger partial charge in [-0.05, 0) is 35.0 Å². The van der Waals surface area contributed by atoms with Crippen LogP contribution in [-0.4, -0.2) is 20.2 Å². The quantitative estimate of drug-likeness (QED) is 0.821. The van der Waals surface area contributed by atoms with E-state index in [2.05, 4.69) is 22.4 Å². The first kappa shape index (κ1) is 14.1. The van der Waals surface area contributed by atoms with Gasteiger partial charge in [0.15, 0.2) is 5.82 Å². The fraction of sp³-hybridized carbons (Fsp3) is 0.417. The van der Waals surface area contributed by atoms with Crippen molar-refractivity contribution in [3.05, 3.63) is 34.1 Å². The van der Waals surface area contributed by atoms with Crippen LogP contribution >= 0.6 is 23.2 Å². The van der Waals surface area contributed by atoms with Crippen molar-refractivity contribution in [2.75, 3.05) is 0 Å². The van der Waals surface area contributed by atoms with E-state index in [1.54, 1.807) is 22.9 Å². The van der Waals surface area contributed by atoms with Crippen molar-refractivity contribution >= 4 is 23.2 Å². The van der Waals surface area contributed by atoms with Crippen LogP contribution in [0.2, 0.25) is 10.0 Å². The summed E-state index contributed by atoms with van der Waals surface area (Å²) in [5.41, 5.74) is 0. The molecule has 0 N–H and O–H groups in total. The molecule has 0 saturated carbocycles. The maximum Gasteiger partial charge on any atom is 0.189 e. The molecule has 1 aromatic carbocycles. The van der Waals surface area contributed by atoms with Gasteiger partial charge in [-0.15, -0.1) is 5.10 Å². The highest BCUT2D eigenvalue weighted by atomic mass is 35.5. The zero-order valence-corrected chi connectivity index (χ0v) is 12.0. The number of rotatable bonds is 6. The lowest BCUT2D eigenvalue weighted by atomic mass is 10.3. The molecule has 5 nitrogen and oxygen atoms in total. The fourth-order valence-electron chi connectivity index (χ4n) is 1.54. The molecule has 2 rings (SSSR count). The van der Waals surface area contributed by atoms with Gasteiger partial charge < -0.3 is 4.74 Å². The molecule has 102 valence electrons. The van der Waals surface area contributed by atoms with Crippen molar-refractivity contribution in [1.82, 2.24) is 20.2 Å². The predicted molar refractivity (Wildman–Crippen MR) is 73.5 cm³/mol.